The van der Waals surface area contributed by atoms with E-state index in [1.54, 1.807) is 11.9 Å². The third kappa shape index (κ3) is 4.30. The molecule has 1 aromatic carbocycles. The van der Waals surface area contributed by atoms with Crippen LogP contribution in [0.4, 0.5) is 4.39 Å². The summed E-state index contributed by atoms with van der Waals surface area (Å²) in [6.45, 7) is -0.214. The van der Waals surface area contributed by atoms with Gasteiger partial charge in [-0.15, -0.1) is 0 Å². The highest BCUT2D eigenvalue weighted by Crippen LogP contribution is 2.25. The van der Waals surface area contributed by atoms with Crippen LogP contribution in [0.25, 0.3) is 6.08 Å². The van der Waals surface area contributed by atoms with Gasteiger partial charge >= 0.3 is 5.97 Å². The summed E-state index contributed by atoms with van der Waals surface area (Å²) in [4.78, 5) is 23.7. The van der Waals surface area contributed by atoms with Crippen LogP contribution in [0, 0.1) is 5.82 Å². The maximum absolute atomic E-state index is 13.8. The lowest BCUT2D eigenvalue weighted by molar-refractivity contribution is -0.133. The minimum absolute atomic E-state index is 0.0278. The largest absolute Gasteiger partial charge is 0.481 e. The number of ether oxygens (including phenoxy) is 1. The van der Waals surface area contributed by atoms with Gasteiger partial charge in [0.1, 0.15) is 0 Å². The molecule has 1 saturated carbocycles. The minimum Gasteiger partial charge on any atom is -0.481 e. The molecular formula is C15H16FNO4. The van der Waals surface area contributed by atoms with Gasteiger partial charge in [-0.1, -0.05) is 6.07 Å². The van der Waals surface area contributed by atoms with Crippen LogP contribution < -0.4 is 4.74 Å². The molecule has 0 aliphatic heterocycles. The number of carbonyl (C=O) groups excluding carboxylic acids is 1. The SMILES string of the molecule is CN(C(=O)COc1ccc(/C=C/C(=O)O)cc1F)C1CC1. The number of halogens is 1. The Hall–Kier alpha value is -2.37. The van der Waals surface area contributed by atoms with E-state index in [0.29, 0.717) is 5.56 Å². The summed E-state index contributed by atoms with van der Waals surface area (Å²) in [6.07, 6.45) is 4.20. The smallest absolute Gasteiger partial charge is 0.328 e. The molecule has 1 aromatic rings. The summed E-state index contributed by atoms with van der Waals surface area (Å²) >= 11 is 0. The average Bonchev–Trinajstić information content (AvgIpc) is 3.27. The number of benzene rings is 1. The van der Waals surface area contributed by atoms with Crippen molar-refractivity contribution in [2.45, 2.75) is 18.9 Å². The first kappa shape index (κ1) is 15.0. The first-order valence-corrected chi connectivity index (χ1v) is 6.56. The summed E-state index contributed by atoms with van der Waals surface area (Å²) in [5, 5.41) is 8.50. The maximum Gasteiger partial charge on any atom is 0.328 e. The molecule has 0 bridgehead atoms. The van der Waals surface area contributed by atoms with Gasteiger partial charge in [0.2, 0.25) is 0 Å². The third-order valence-corrected chi connectivity index (χ3v) is 3.21. The van der Waals surface area contributed by atoms with Crippen LogP contribution in [0.15, 0.2) is 24.3 Å². The molecule has 2 rings (SSSR count). The topological polar surface area (TPSA) is 66.8 Å². The Bertz CT molecular complexity index is 581. The molecule has 21 heavy (non-hydrogen) atoms. The number of nitrogens with zero attached hydrogens (tertiary/aromatic N) is 1. The summed E-state index contributed by atoms with van der Waals surface area (Å²) < 4.78 is 18.9. The van der Waals surface area contributed by atoms with Gasteiger partial charge in [-0.2, -0.15) is 0 Å². The van der Waals surface area contributed by atoms with Crippen molar-refractivity contribution in [1.82, 2.24) is 4.90 Å². The number of aliphatic carboxylic acids is 1. The highest BCUT2D eigenvalue weighted by Gasteiger charge is 2.29. The first-order valence-electron chi connectivity index (χ1n) is 6.56. The van der Waals surface area contributed by atoms with E-state index in [9.17, 15) is 14.0 Å². The molecule has 0 atom stereocenters. The molecular weight excluding hydrogens is 277 g/mol. The summed E-state index contributed by atoms with van der Waals surface area (Å²) in [6, 6.07) is 4.34. The van der Waals surface area contributed by atoms with Gasteiger partial charge < -0.3 is 14.7 Å². The highest BCUT2D eigenvalue weighted by molar-refractivity contribution is 5.85. The van der Waals surface area contributed by atoms with Gasteiger partial charge in [-0.25, -0.2) is 9.18 Å². The molecule has 0 radical (unpaired) electrons. The number of carboxylic acid groups (broad SMARTS) is 1. The predicted molar refractivity (Wildman–Crippen MR) is 74.4 cm³/mol. The molecule has 0 unspecified atom stereocenters. The van der Waals surface area contributed by atoms with E-state index >= 15 is 0 Å². The molecule has 1 aliphatic rings. The zero-order valence-electron chi connectivity index (χ0n) is 11.6. The van der Waals surface area contributed by atoms with Crippen LogP contribution in [0.2, 0.25) is 0 Å². The molecule has 0 spiro atoms. The first-order chi connectivity index (χ1) is 9.97. The Kier molecular flexibility index (Phi) is 4.57. The molecule has 5 nitrogen and oxygen atoms in total. The van der Waals surface area contributed by atoms with Crippen molar-refractivity contribution in [2.24, 2.45) is 0 Å². The predicted octanol–water partition coefficient (Wildman–Crippen LogP) is 1.92. The Balaban J connectivity index is 1.94. The number of rotatable bonds is 6. The second-order valence-corrected chi connectivity index (χ2v) is 4.89. The lowest BCUT2D eigenvalue weighted by Crippen LogP contribution is -2.33. The third-order valence-electron chi connectivity index (χ3n) is 3.21. The van der Waals surface area contributed by atoms with Crippen molar-refractivity contribution in [2.75, 3.05) is 13.7 Å². The summed E-state index contributed by atoms with van der Waals surface area (Å²) in [5.41, 5.74) is 0.406. The van der Waals surface area contributed by atoms with Crippen molar-refractivity contribution in [3.8, 4) is 5.75 Å². The number of hydrogen-bond donors (Lipinski definition) is 1. The van der Waals surface area contributed by atoms with E-state index in [4.69, 9.17) is 9.84 Å². The van der Waals surface area contributed by atoms with Crippen LogP contribution in [0.3, 0.4) is 0 Å². The molecule has 1 N–H and O–H groups in total. The van der Waals surface area contributed by atoms with Crippen molar-refractivity contribution < 1.29 is 23.8 Å². The lowest BCUT2D eigenvalue weighted by atomic mass is 10.2. The Morgan fingerprint density at radius 2 is 2.19 bits per heavy atom. The standard InChI is InChI=1S/C15H16FNO4/c1-17(11-4-5-11)14(18)9-21-13-6-2-10(8-12(13)16)3-7-15(19)20/h2-3,6-8,11H,4-5,9H2,1H3,(H,19,20)/b7-3+. The number of carboxylic acids is 1. The highest BCUT2D eigenvalue weighted by atomic mass is 19.1. The van der Waals surface area contributed by atoms with Crippen LogP contribution in [-0.2, 0) is 9.59 Å². The van der Waals surface area contributed by atoms with E-state index < -0.39 is 11.8 Å². The average molecular weight is 293 g/mol. The maximum atomic E-state index is 13.8. The van der Waals surface area contributed by atoms with E-state index in [1.807, 2.05) is 0 Å². The zero-order valence-corrected chi connectivity index (χ0v) is 11.6. The molecule has 1 amide bonds. The van der Waals surface area contributed by atoms with Crippen molar-refractivity contribution in [3.63, 3.8) is 0 Å². The van der Waals surface area contributed by atoms with Gasteiger partial charge in [-0.3, -0.25) is 4.79 Å². The molecule has 112 valence electrons. The van der Waals surface area contributed by atoms with E-state index in [1.165, 1.54) is 18.2 Å². The molecule has 6 heteroatoms. The molecule has 1 fully saturated rings. The molecule has 1 aliphatic carbocycles. The van der Waals surface area contributed by atoms with Crippen molar-refractivity contribution in [3.05, 3.63) is 35.7 Å². The Morgan fingerprint density at radius 1 is 1.48 bits per heavy atom. The fourth-order valence-corrected chi connectivity index (χ4v) is 1.81. The molecule has 0 aromatic heterocycles. The van der Waals surface area contributed by atoms with E-state index in [-0.39, 0.29) is 24.3 Å². The fraction of sp³-hybridized carbons (Fsp3) is 0.333. The molecule has 0 heterocycles. The van der Waals surface area contributed by atoms with Crippen LogP contribution in [-0.4, -0.2) is 41.6 Å². The lowest BCUT2D eigenvalue weighted by Gasteiger charge is -2.16. The Morgan fingerprint density at radius 3 is 2.76 bits per heavy atom. The van der Waals surface area contributed by atoms with Gasteiger partial charge in [0.15, 0.2) is 18.2 Å². The van der Waals surface area contributed by atoms with Crippen molar-refractivity contribution in [1.29, 1.82) is 0 Å². The van der Waals surface area contributed by atoms with Crippen molar-refractivity contribution >= 4 is 18.0 Å². The number of hydrogen-bond acceptors (Lipinski definition) is 3. The monoisotopic (exact) mass is 293 g/mol. The van der Waals surface area contributed by atoms with Gasteiger partial charge in [0.25, 0.3) is 5.91 Å². The minimum atomic E-state index is -1.11. The summed E-state index contributed by atoms with van der Waals surface area (Å²) in [7, 11) is 1.71. The Labute approximate surface area is 121 Å². The number of likely N-dealkylation sites (N-methyl/N-ethyl adjacent to an activating group) is 1. The number of carbonyl (C=O) groups is 2. The number of amides is 1. The zero-order chi connectivity index (χ0) is 15.4. The fourth-order valence-electron chi connectivity index (χ4n) is 1.81. The van der Waals surface area contributed by atoms with Crippen LogP contribution >= 0.6 is 0 Å². The van der Waals surface area contributed by atoms with Crippen LogP contribution in [0.5, 0.6) is 5.75 Å². The normalized spacial score (nSPS) is 14.2. The van der Waals surface area contributed by atoms with E-state index in [0.717, 1.165) is 25.0 Å². The van der Waals surface area contributed by atoms with E-state index in [2.05, 4.69) is 0 Å². The van der Waals surface area contributed by atoms with Crippen LogP contribution in [0.1, 0.15) is 18.4 Å². The summed E-state index contributed by atoms with van der Waals surface area (Å²) in [5.74, 6) is -1.96. The molecule has 0 saturated heterocycles. The van der Waals surface area contributed by atoms with Gasteiger partial charge in [0.05, 0.1) is 0 Å². The quantitative estimate of drug-likeness (QED) is 0.814. The van der Waals surface area contributed by atoms with Gasteiger partial charge in [0, 0.05) is 19.2 Å². The second-order valence-electron chi connectivity index (χ2n) is 4.89. The van der Waals surface area contributed by atoms with Gasteiger partial charge in [-0.05, 0) is 36.6 Å². The second kappa shape index (κ2) is 6.39.